The van der Waals surface area contributed by atoms with E-state index < -0.39 is 0 Å². The summed E-state index contributed by atoms with van der Waals surface area (Å²) in [5.74, 6) is 7.73. The SMILES string of the molecule is C=CC[C@@]12C(=CC(=NCCCC)/C(=C/c3cccc(C#CC4CCCCC4)c3)[C@@H]1C)CCC[C@@H]2O. The number of allylic oxidation sites excluding steroid dienone is 3. The van der Waals surface area contributed by atoms with Crippen LogP contribution in [0.3, 0.4) is 0 Å². The molecule has 3 aliphatic carbocycles. The molecule has 0 aromatic heterocycles. The van der Waals surface area contributed by atoms with Gasteiger partial charge in [0.25, 0.3) is 0 Å². The molecule has 2 heteroatoms. The van der Waals surface area contributed by atoms with Crippen molar-refractivity contribution in [3.63, 3.8) is 0 Å². The van der Waals surface area contributed by atoms with Crippen molar-refractivity contribution in [3.05, 3.63) is 65.3 Å². The monoisotopic (exact) mass is 469 g/mol. The number of nitrogens with zero attached hydrogens (tertiary/aromatic N) is 1. The Labute approximate surface area is 213 Å². The van der Waals surface area contributed by atoms with Gasteiger partial charge in [0.2, 0.25) is 0 Å². The number of hydrogen-bond donors (Lipinski definition) is 1. The lowest BCUT2D eigenvalue weighted by atomic mass is 9.55. The summed E-state index contributed by atoms with van der Waals surface area (Å²) >= 11 is 0. The number of unbranched alkanes of at least 4 members (excludes halogenated alkanes) is 1. The third-order valence-electron chi connectivity index (χ3n) is 8.47. The normalized spacial score (nSPS) is 29.3. The van der Waals surface area contributed by atoms with Crippen LogP contribution in [0.5, 0.6) is 0 Å². The topological polar surface area (TPSA) is 32.6 Å². The van der Waals surface area contributed by atoms with Crippen LogP contribution in [0.4, 0.5) is 0 Å². The second-order valence-electron chi connectivity index (χ2n) is 10.8. The molecule has 2 saturated carbocycles. The molecule has 3 aliphatic rings. The van der Waals surface area contributed by atoms with Crippen molar-refractivity contribution in [2.75, 3.05) is 6.54 Å². The molecule has 0 unspecified atom stereocenters. The fourth-order valence-electron chi connectivity index (χ4n) is 6.41. The van der Waals surface area contributed by atoms with Gasteiger partial charge in [0.15, 0.2) is 0 Å². The molecule has 35 heavy (non-hydrogen) atoms. The van der Waals surface area contributed by atoms with E-state index in [1.54, 1.807) is 0 Å². The van der Waals surface area contributed by atoms with Crippen LogP contribution in [0.1, 0.15) is 95.6 Å². The number of aliphatic hydroxyl groups excluding tert-OH is 1. The van der Waals surface area contributed by atoms with E-state index in [4.69, 9.17) is 4.99 Å². The van der Waals surface area contributed by atoms with Gasteiger partial charge in [0.05, 0.1) is 11.8 Å². The highest BCUT2D eigenvalue weighted by atomic mass is 16.3. The molecular formula is C33H43NO. The van der Waals surface area contributed by atoms with E-state index in [0.717, 1.165) is 56.3 Å². The quantitative estimate of drug-likeness (QED) is 0.256. The maximum absolute atomic E-state index is 11.3. The van der Waals surface area contributed by atoms with Crippen molar-refractivity contribution in [3.8, 4) is 11.8 Å². The summed E-state index contributed by atoms with van der Waals surface area (Å²) in [4.78, 5) is 5.06. The highest BCUT2D eigenvalue weighted by molar-refractivity contribution is 6.13. The van der Waals surface area contributed by atoms with Crippen LogP contribution in [0.2, 0.25) is 0 Å². The molecule has 0 radical (unpaired) electrons. The summed E-state index contributed by atoms with van der Waals surface area (Å²) in [6, 6.07) is 8.64. The number of aliphatic hydroxyl groups is 1. The van der Waals surface area contributed by atoms with Crippen molar-refractivity contribution in [1.82, 2.24) is 0 Å². The zero-order chi connectivity index (χ0) is 24.7. The molecule has 0 aliphatic heterocycles. The summed E-state index contributed by atoms with van der Waals surface area (Å²) in [5, 5.41) is 11.3. The third-order valence-corrected chi connectivity index (χ3v) is 8.47. The van der Waals surface area contributed by atoms with Gasteiger partial charge in [-0.2, -0.15) is 0 Å². The van der Waals surface area contributed by atoms with Crippen LogP contribution < -0.4 is 0 Å². The van der Waals surface area contributed by atoms with E-state index in [-0.39, 0.29) is 17.4 Å². The van der Waals surface area contributed by atoms with Gasteiger partial charge >= 0.3 is 0 Å². The minimum absolute atomic E-state index is 0.174. The van der Waals surface area contributed by atoms with Gasteiger partial charge < -0.3 is 5.11 Å². The number of aliphatic imine (C=N–C) groups is 1. The summed E-state index contributed by atoms with van der Waals surface area (Å²) < 4.78 is 0. The average molecular weight is 470 g/mol. The molecule has 0 saturated heterocycles. The van der Waals surface area contributed by atoms with Gasteiger partial charge in [-0.05, 0) is 86.3 Å². The minimum atomic E-state index is -0.344. The molecule has 0 spiro atoms. The molecule has 0 bridgehead atoms. The van der Waals surface area contributed by atoms with Crippen LogP contribution in [0.25, 0.3) is 6.08 Å². The molecule has 3 atom stereocenters. The van der Waals surface area contributed by atoms with Crippen LogP contribution in [0, 0.1) is 29.1 Å². The Morgan fingerprint density at radius 1 is 1.17 bits per heavy atom. The molecule has 1 aromatic carbocycles. The predicted molar refractivity (Wildman–Crippen MR) is 149 cm³/mol. The first-order valence-corrected chi connectivity index (χ1v) is 14.0. The molecule has 1 N–H and O–H groups in total. The van der Waals surface area contributed by atoms with Crippen LogP contribution >= 0.6 is 0 Å². The lowest BCUT2D eigenvalue weighted by molar-refractivity contribution is 0.000749. The number of rotatable bonds is 6. The van der Waals surface area contributed by atoms with Crippen molar-refractivity contribution >= 4 is 11.8 Å². The Balaban J connectivity index is 1.72. The van der Waals surface area contributed by atoms with Gasteiger partial charge in [-0.25, -0.2) is 0 Å². The van der Waals surface area contributed by atoms with Gasteiger partial charge in [0.1, 0.15) is 0 Å². The fourth-order valence-corrected chi connectivity index (χ4v) is 6.41. The number of benzene rings is 1. The Hall–Kier alpha value is -2.37. The first-order chi connectivity index (χ1) is 17.1. The standard InChI is InChI=1S/C33H43NO/c1-4-6-21-34-31-24-29-16-11-17-32(35)33(29,20-5-2)25(3)30(31)23-28-15-10-14-27(22-28)19-18-26-12-8-7-9-13-26/h5,10,14-15,22-26,32,35H,2,4,6-9,11-13,16-17,20-21H2,1,3H3/b30-23+,34-31?/t25-,32-,33-/m0/s1. The molecule has 0 amide bonds. The molecule has 186 valence electrons. The second kappa shape index (κ2) is 12.0. The van der Waals surface area contributed by atoms with Crippen molar-refractivity contribution < 1.29 is 5.11 Å². The highest BCUT2D eigenvalue weighted by Gasteiger charge is 2.50. The zero-order valence-electron chi connectivity index (χ0n) is 21.9. The Morgan fingerprint density at radius 3 is 2.77 bits per heavy atom. The lowest BCUT2D eigenvalue weighted by Gasteiger charge is -2.51. The zero-order valence-corrected chi connectivity index (χ0v) is 21.9. The molecule has 4 rings (SSSR count). The minimum Gasteiger partial charge on any atom is -0.392 e. The highest BCUT2D eigenvalue weighted by Crippen LogP contribution is 2.54. The number of hydrogen-bond acceptors (Lipinski definition) is 2. The van der Waals surface area contributed by atoms with Crippen molar-refractivity contribution in [2.24, 2.45) is 22.2 Å². The van der Waals surface area contributed by atoms with E-state index in [2.05, 4.69) is 68.7 Å². The molecule has 2 fully saturated rings. The van der Waals surface area contributed by atoms with E-state index in [0.29, 0.717) is 5.92 Å². The second-order valence-corrected chi connectivity index (χ2v) is 10.8. The maximum atomic E-state index is 11.3. The predicted octanol–water partition coefficient (Wildman–Crippen LogP) is 7.93. The van der Waals surface area contributed by atoms with E-state index in [1.807, 2.05) is 6.08 Å². The first-order valence-electron chi connectivity index (χ1n) is 14.0. The van der Waals surface area contributed by atoms with E-state index in [1.165, 1.54) is 48.8 Å². The maximum Gasteiger partial charge on any atom is 0.0642 e. The summed E-state index contributed by atoms with van der Waals surface area (Å²) in [6.07, 6.45) is 18.7. The van der Waals surface area contributed by atoms with Crippen molar-refractivity contribution in [1.29, 1.82) is 0 Å². The summed E-state index contributed by atoms with van der Waals surface area (Å²) in [6.45, 7) is 9.42. The van der Waals surface area contributed by atoms with E-state index in [9.17, 15) is 5.11 Å². The van der Waals surface area contributed by atoms with Gasteiger partial charge in [0, 0.05) is 23.4 Å². The van der Waals surface area contributed by atoms with Crippen LogP contribution in [-0.4, -0.2) is 23.5 Å². The lowest BCUT2D eigenvalue weighted by Crippen LogP contribution is -2.48. The van der Waals surface area contributed by atoms with Crippen molar-refractivity contribution in [2.45, 2.75) is 90.6 Å². The smallest absolute Gasteiger partial charge is 0.0642 e. The molecular weight excluding hydrogens is 426 g/mol. The summed E-state index contributed by atoms with van der Waals surface area (Å²) in [5.41, 5.74) is 5.70. The molecule has 2 nitrogen and oxygen atoms in total. The van der Waals surface area contributed by atoms with Gasteiger partial charge in [-0.3, -0.25) is 4.99 Å². The van der Waals surface area contributed by atoms with Gasteiger partial charge in [-0.15, -0.1) is 6.58 Å². The first kappa shape index (κ1) is 25.7. The average Bonchev–Trinajstić information content (AvgIpc) is 2.87. The Bertz CT molecular complexity index is 1040. The van der Waals surface area contributed by atoms with Crippen LogP contribution in [-0.2, 0) is 0 Å². The molecule has 0 heterocycles. The fraction of sp³-hybridized carbons (Fsp3) is 0.545. The van der Waals surface area contributed by atoms with E-state index >= 15 is 0 Å². The largest absolute Gasteiger partial charge is 0.392 e. The number of fused-ring (bicyclic) bond motifs is 1. The molecule has 1 aromatic rings. The summed E-state index contributed by atoms with van der Waals surface area (Å²) in [7, 11) is 0. The van der Waals surface area contributed by atoms with Crippen LogP contribution in [0.15, 0.2) is 59.1 Å². The third kappa shape index (κ3) is 5.73. The van der Waals surface area contributed by atoms with Gasteiger partial charge in [-0.1, -0.05) is 75.2 Å². The Morgan fingerprint density at radius 2 is 2.00 bits per heavy atom. The Kier molecular flexibility index (Phi) is 8.85.